The van der Waals surface area contributed by atoms with E-state index in [1.807, 2.05) is 43.0 Å². The third kappa shape index (κ3) is 2.52. The summed E-state index contributed by atoms with van der Waals surface area (Å²) in [5, 5.41) is 2.06. The summed E-state index contributed by atoms with van der Waals surface area (Å²) in [7, 11) is 1.64. The van der Waals surface area contributed by atoms with Gasteiger partial charge in [0.15, 0.2) is 0 Å². The van der Waals surface area contributed by atoms with E-state index in [1.165, 1.54) is 11.3 Å². The van der Waals surface area contributed by atoms with E-state index in [2.05, 4.69) is 11.1 Å². The van der Waals surface area contributed by atoms with Crippen LogP contribution in [0, 0.1) is 0 Å². The highest BCUT2D eigenvalue weighted by molar-refractivity contribution is 7.20. The van der Waals surface area contributed by atoms with Gasteiger partial charge in [-0.3, -0.25) is 4.79 Å². The van der Waals surface area contributed by atoms with Crippen LogP contribution in [-0.4, -0.2) is 36.0 Å². The van der Waals surface area contributed by atoms with E-state index in [9.17, 15) is 4.79 Å². The lowest BCUT2D eigenvalue weighted by atomic mass is 10.2. The number of hydrogen-bond acceptors (Lipinski definition) is 4. The molecule has 2 aromatic heterocycles. The fourth-order valence-electron chi connectivity index (χ4n) is 2.50. The highest BCUT2D eigenvalue weighted by Crippen LogP contribution is 2.29. The Hall–Kier alpha value is -2.14. The van der Waals surface area contributed by atoms with Gasteiger partial charge in [-0.15, -0.1) is 11.3 Å². The van der Waals surface area contributed by atoms with Gasteiger partial charge in [-0.2, -0.15) is 0 Å². The fourth-order valence-corrected chi connectivity index (χ4v) is 3.49. The second-order valence-corrected chi connectivity index (χ2v) is 6.06. The number of methoxy groups -OCH3 is 1. The van der Waals surface area contributed by atoms with Gasteiger partial charge in [0.25, 0.3) is 5.91 Å². The van der Waals surface area contributed by atoms with Gasteiger partial charge in [0.2, 0.25) is 0 Å². The van der Waals surface area contributed by atoms with Gasteiger partial charge in [-0.05, 0) is 38.1 Å². The summed E-state index contributed by atoms with van der Waals surface area (Å²) in [5.41, 5.74) is 0.885. The Morgan fingerprint density at radius 2 is 1.95 bits per heavy atom. The van der Waals surface area contributed by atoms with E-state index < -0.39 is 0 Å². The highest BCUT2D eigenvalue weighted by atomic mass is 32.1. The van der Waals surface area contributed by atoms with E-state index in [1.54, 1.807) is 7.11 Å². The molecular formula is C17H18N2O2S. The van der Waals surface area contributed by atoms with Gasteiger partial charge in [0.1, 0.15) is 10.6 Å². The first-order valence-electron chi connectivity index (χ1n) is 7.33. The largest absolute Gasteiger partial charge is 0.497 e. The van der Waals surface area contributed by atoms with Crippen LogP contribution in [0.1, 0.15) is 23.5 Å². The molecule has 0 spiro atoms. The molecule has 4 nitrogen and oxygen atoms in total. The summed E-state index contributed by atoms with van der Waals surface area (Å²) in [6.07, 6.45) is 0. The van der Waals surface area contributed by atoms with Crippen molar-refractivity contribution in [2.45, 2.75) is 13.8 Å². The molecule has 0 atom stereocenters. The summed E-state index contributed by atoms with van der Waals surface area (Å²) < 4.78 is 5.24. The van der Waals surface area contributed by atoms with Crippen molar-refractivity contribution in [2.24, 2.45) is 0 Å². The van der Waals surface area contributed by atoms with Crippen LogP contribution in [0.3, 0.4) is 0 Å². The minimum atomic E-state index is 0.0784. The van der Waals surface area contributed by atoms with Crippen LogP contribution < -0.4 is 4.74 Å². The van der Waals surface area contributed by atoms with Crippen LogP contribution in [0.25, 0.3) is 21.1 Å². The van der Waals surface area contributed by atoms with Crippen LogP contribution in [-0.2, 0) is 0 Å². The second kappa shape index (κ2) is 5.93. The smallest absolute Gasteiger partial charge is 0.264 e. The number of nitrogens with zero attached hydrogens (tertiary/aromatic N) is 2. The molecule has 0 radical (unpaired) electrons. The molecule has 0 aliphatic rings. The molecule has 2 heterocycles. The number of amides is 1. The predicted molar refractivity (Wildman–Crippen MR) is 90.9 cm³/mol. The Morgan fingerprint density at radius 3 is 2.64 bits per heavy atom. The Labute approximate surface area is 133 Å². The van der Waals surface area contributed by atoms with Gasteiger partial charge in [0, 0.05) is 29.9 Å². The van der Waals surface area contributed by atoms with Crippen LogP contribution in [0.2, 0.25) is 0 Å². The van der Waals surface area contributed by atoms with Gasteiger partial charge in [-0.25, -0.2) is 4.98 Å². The molecule has 0 aliphatic carbocycles. The number of fused-ring (bicyclic) bond motifs is 2. The minimum absolute atomic E-state index is 0.0784. The average Bonchev–Trinajstić information content (AvgIpc) is 2.95. The zero-order valence-corrected chi connectivity index (χ0v) is 13.7. The zero-order valence-electron chi connectivity index (χ0n) is 12.9. The lowest BCUT2D eigenvalue weighted by molar-refractivity contribution is 0.0778. The van der Waals surface area contributed by atoms with Crippen molar-refractivity contribution in [3.05, 3.63) is 35.2 Å². The normalized spacial score (nSPS) is 11.0. The molecule has 0 bridgehead atoms. The van der Waals surface area contributed by atoms with Crippen LogP contribution in [0.15, 0.2) is 30.3 Å². The highest BCUT2D eigenvalue weighted by Gasteiger charge is 2.16. The number of carbonyl (C=O) groups is 1. The van der Waals surface area contributed by atoms with E-state index in [0.29, 0.717) is 0 Å². The number of hydrogen-bond donors (Lipinski definition) is 0. The van der Waals surface area contributed by atoms with E-state index in [0.717, 1.165) is 44.8 Å². The molecule has 114 valence electrons. The van der Waals surface area contributed by atoms with Crippen molar-refractivity contribution in [1.29, 1.82) is 0 Å². The molecule has 5 heteroatoms. The third-order valence-corrected chi connectivity index (χ3v) is 4.80. The van der Waals surface area contributed by atoms with Crippen molar-refractivity contribution >= 4 is 38.4 Å². The lowest BCUT2D eigenvalue weighted by Gasteiger charge is -2.16. The maximum atomic E-state index is 12.5. The molecule has 3 rings (SSSR count). The fraction of sp³-hybridized carbons (Fsp3) is 0.294. The van der Waals surface area contributed by atoms with Crippen LogP contribution in [0.4, 0.5) is 0 Å². The molecule has 0 fully saturated rings. The maximum Gasteiger partial charge on any atom is 0.264 e. The molecular weight excluding hydrogens is 296 g/mol. The Morgan fingerprint density at radius 1 is 1.18 bits per heavy atom. The predicted octanol–water partition coefficient (Wildman–Crippen LogP) is 3.94. The standard InChI is InChI=1S/C17H18N2O2S/c1-4-19(5-2)17(20)15-9-12-8-11-6-7-13(21-3)10-14(11)18-16(12)22-15/h6-10H,4-5H2,1-3H3. The molecule has 0 aliphatic heterocycles. The van der Waals surface area contributed by atoms with Gasteiger partial charge < -0.3 is 9.64 Å². The van der Waals surface area contributed by atoms with E-state index in [4.69, 9.17) is 4.74 Å². The summed E-state index contributed by atoms with van der Waals surface area (Å²) in [6.45, 7) is 5.42. The second-order valence-electron chi connectivity index (χ2n) is 5.03. The minimum Gasteiger partial charge on any atom is -0.497 e. The molecule has 0 saturated heterocycles. The van der Waals surface area contributed by atoms with E-state index in [-0.39, 0.29) is 5.91 Å². The lowest BCUT2D eigenvalue weighted by Crippen LogP contribution is -2.29. The van der Waals surface area contributed by atoms with Crippen molar-refractivity contribution in [3.8, 4) is 5.75 Å². The molecule has 0 saturated carbocycles. The summed E-state index contributed by atoms with van der Waals surface area (Å²) in [5.74, 6) is 0.866. The Bertz CT molecular complexity index is 837. The summed E-state index contributed by atoms with van der Waals surface area (Å²) >= 11 is 1.45. The van der Waals surface area contributed by atoms with Crippen molar-refractivity contribution in [2.75, 3.05) is 20.2 Å². The van der Waals surface area contributed by atoms with Crippen molar-refractivity contribution < 1.29 is 9.53 Å². The number of carbonyl (C=O) groups excluding carboxylic acids is 1. The maximum absolute atomic E-state index is 12.5. The Balaban J connectivity index is 2.09. The summed E-state index contributed by atoms with van der Waals surface area (Å²) in [4.78, 5) is 20.6. The van der Waals surface area contributed by atoms with Gasteiger partial charge in [0.05, 0.1) is 17.5 Å². The molecule has 0 N–H and O–H groups in total. The molecule has 1 aromatic carbocycles. The van der Waals surface area contributed by atoms with E-state index >= 15 is 0 Å². The van der Waals surface area contributed by atoms with Crippen LogP contribution >= 0.6 is 11.3 Å². The zero-order chi connectivity index (χ0) is 15.7. The van der Waals surface area contributed by atoms with Gasteiger partial charge in [-0.1, -0.05) is 0 Å². The first-order valence-corrected chi connectivity index (χ1v) is 8.15. The number of pyridine rings is 1. The first-order chi connectivity index (χ1) is 10.7. The Kier molecular flexibility index (Phi) is 3.98. The molecule has 0 unspecified atom stereocenters. The molecule has 3 aromatic rings. The van der Waals surface area contributed by atoms with Crippen LogP contribution in [0.5, 0.6) is 5.75 Å². The number of benzene rings is 1. The van der Waals surface area contributed by atoms with Gasteiger partial charge >= 0.3 is 0 Å². The molecule has 22 heavy (non-hydrogen) atoms. The van der Waals surface area contributed by atoms with Crippen molar-refractivity contribution in [1.82, 2.24) is 9.88 Å². The number of aromatic nitrogens is 1. The quantitative estimate of drug-likeness (QED) is 0.732. The number of rotatable bonds is 4. The monoisotopic (exact) mass is 314 g/mol. The topological polar surface area (TPSA) is 42.4 Å². The molecule has 1 amide bonds. The van der Waals surface area contributed by atoms with Crippen molar-refractivity contribution in [3.63, 3.8) is 0 Å². The SMILES string of the molecule is CCN(CC)C(=O)c1cc2cc3ccc(OC)cc3nc2s1. The summed E-state index contributed by atoms with van der Waals surface area (Å²) in [6, 6.07) is 9.85. The average molecular weight is 314 g/mol. The first kappa shape index (κ1) is 14.8. The number of thiophene rings is 1. The number of ether oxygens (including phenoxy) is 1. The third-order valence-electron chi connectivity index (χ3n) is 3.77.